The van der Waals surface area contributed by atoms with Crippen molar-refractivity contribution in [1.82, 2.24) is 10.3 Å². The summed E-state index contributed by atoms with van der Waals surface area (Å²) in [7, 11) is -3.19. The van der Waals surface area contributed by atoms with Gasteiger partial charge in [0, 0.05) is 17.1 Å². The molecule has 1 saturated heterocycles. The lowest BCUT2D eigenvalue weighted by Crippen LogP contribution is -2.37. The quantitative estimate of drug-likeness (QED) is 0.482. The lowest BCUT2D eigenvalue weighted by molar-refractivity contribution is 0.231. The third-order valence-electron chi connectivity index (χ3n) is 6.80. The first kappa shape index (κ1) is 22.1. The summed E-state index contributed by atoms with van der Waals surface area (Å²) in [6.45, 7) is 4.24. The van der Waals surface area contributed by atoms with Gasteiger partial charge in [-0.2, -0.15) is 0 Å². The second-order valence-corrected chi connectivity index (χ2v) is 11.2. The number of nitrogens with one attached hydrogen (secondary N) is 2. The van der Waals surface area contributed by atoms with Gasteiger partial charge in [-0.3, -0.25) is 0 Å². The summed E-state index contributed by atoms with van der Waals surface area (Å²) in [5, 5.41) is 4.92. The van der Waals surface area contributed by atoms with E-state index in [1.807, 2.05) is 6.07 Å². The first-order valence-electron chi connectivity index (χ1n) is 11.6. The Labute approximate surface area is 186 Å². The first-order valence-corrected chi connectivity index (χ1v) is 13.2. The number of H-pyrrole nitrogens is 1. The van der Waals surface area contributed by atoms with Crippen LogP contribution in [0.25, 0.3) is 10.9 Å². The zero-order valence-corrected chi connectivity index (χ0v) is 19.2. The Kier molecular flexibility index (Phi) is 7.13. The van der Waals surface area contributed by atoms with Crippen LogP contribution in [0.5, 0.6) is 0 Å². The van der Waals surface area contributed by atoms with Crippen LogP contribution in [0.15, 0.2) is 65.7 Å². The van der Waals surface area contributed by atoms with Gasteiger partial charge in [-0.1, -0.05) is 56.2 Å². The first-order chi connectivity index (χ1) is 15.0. The van der Waals surface area contributed by atoms with Gasteiger partial charge in [-0.25, -0.2) is 8.42 Å². The standard InChI is InChI=1S/C26H34N2O2S/c1-20(19-31(29,30)24-10-3-2-4-11-24)8-7-9-21-14-15-27-17-22(21)16-23-18-28-26-13-6-5-12-25(23)26/h2-6,10-13,18,20-22,27-28H,7-9,14-17,19H2,1H3. The number of fused-ring (bicyclic) bond motifs is 1. The Balaban J connectivity index is 1.30. The number of aromatic amines is 1. The zero-order valence-electron chi connectivity index (χ0n) is 18.4. The van der Waals surface area contributed by atoms with Crippen molar-refractivity contribution in [3.05, 3.63) is 66.4 Å². The molecule has 1 aliphatic heterocycles. The van der Waals surface area contributed by atoms with E-state index in [0.717, 1.165) is 32.4 Å². The second kappa shape index (κ2) is 10.0. The molecule has 2 N–H and O–H groups in total. The summed E-state index contributed by atoms with van der Waals surface area (Å²) >= 11 is 0. The molecular formula is C26H34N2O2S. The largest absolute Gasteiger partial charge is 0.361 e. The molecule has 3 unspecified atom stereocenters. The van der Waals surface area contributed by atoms with Crippen molar-refractivity contribution in [2.24, 2.45) is 17.8 Å². The van der Waals surface area contributed by atoms with Crippen LogP contribution in [0, 0.1) is 17.8 Å². The summed E-state index contributed by atoms with van der Waals surface area (Å²) in [6, 6.07) is 17.4. The topological polar surface area (TPSA) is 62.0 Å². The third kappa shape index (κ3) is 5.58. The lowest BCUT2D eigenvalue weighted by Gasteiger charge is -2.32. The molecule has 0 amide bonds. The van der Waals surface area contributed by atoms with Crippen molar-refractivity contribution in [2.75, 3.05) is 18.8 Å². The van der Waals surface area contributed by atoms with Crippen LogP contribution in [0.3, 0.4) is 0 Å². The molecule has 0 bridgehead atoms. The highest BCUT2D eigenvalue weighted by atomic mass is 32.2. The van der Waals surface area contributed by atoms with E-state index in [2.05, 4.69) is 47.7 Å². The number of piperidine rings is 1. The van der Waals surface area contributed by atoms with Crippen molar-refractivity contribution in [3.8, 4) is 0 Å². The number of para-hydroxylation sites is 1. The van der Waals surface area contributed by atoms with Crippen molar-refractivity contribution in [2.45, 2.75) is 43.9 Å². The molecule has 2 heterocycles. The minimum absolute atomic E-state index is 0.180. The van der Waals surface area contributed by atoms with Gasteiger partial charge in [0.25, 0.3) is 0 Å². The summed E-state index contributed by atoms with van der Waals surface area (Å²) in [4.78, 5) is 3.85. The Morgan fingerprint density at radius 2 is 1.81 bits per heavy atom. The SMILES string of the molecule is CC(CCCC1CCNCC1Cc1c[nH]c2ccccc12)CS(=O)(=O)c1ccccc1. The van der Waals surface area contributed by atoms with Crippen molar-refractivity contribution >= 4 is 20.7 Å². The summed E-state index contributed by atoms with van der Waals surface area (Å²) in [6.07, 6.45) is 7.73. The minimum Gasteiger partial charge on any atom is -0.361 e. The van der Waals surface area contributed by atoms with E-state index in [4.69, 9.17) is 0 Å². The fraction of sp³-hybridized carbons (Fsp3) is 0.462. The Hall–Kier alpha value is -2.11. The van der Waals surface area contributed by atoms with Crippen molar-refractivity contribution < 1.29 is 8.42 Å². The molecule has 1 fully saturated rings. The van der Waals surface area contributed by atoms with Crippen LogP contribution in [-0.4, -0.2) is 32.2 Å². The van der Waals surface area contributed by atoms with Crippen LogP contribution in [0.2, 0.25) is 0 Å². The van der Waals surface area contributed by atoms with Gasteiger partial charge in [0.1, 0.15) is 0 Å². The van der Waals surface area contributed by atoms with Gasteiger partial charge in [0.2, 0.25) is 0 Å². The van der Waals surface area contributed by atoms with Gasteiger partial charge in [-0.05, 0) is 73.9 Å². The van der Waals surface area contributed by atoms with Crippen molar-refractivity contribution in [3.63, 3.8) is 0 Å². The maximum Gasteiger partial charge on any atom is 0.178 e. The normalized spacial score (nSPS) is 20.7. The Bertz CT molecular complexity index is 1070. The van der Waals surface area contributed by atoms with E-state index < -0.39 is 9.84 Å². The summed E-state index contributed by atoms with van der Waals surface area (Å²) in [5.74, 6) is 1.75. The molecule has 0 saturated carbocycles. The van der Waals surface area contributed by atoms with Crippen LogP contribution >= 0.6 is 0 Å². The summed E-state index contributed by atoms with van der Waals surface area (Å²) in [5.41, 5.74) is 2.63. The number of hydrogen-bond acceptors (Lipinski definition) is 3. The maximum atomic E-state index is 12.6. The summed E-state index contributed by atoms with van der Waals surface area (Å²) < 4.78 is 25.3. The number of benzene rings is 2. The minimum atomic E-state index is -3.19. The molecule has 166 valence electrons. The number of aromatic nitrogens is 1. The monoisotopic (exact) mass is 438 g/mol. The molecule has 4 nitrogen and oxygen atoms in total. The third-order valence-corrected chi connectivity index (χ3v) is 8.80. The Morgan fingerprint density at radius 3 is 2.65 bits per heavy atom. The van der Waals surface area contributed by atoms with E-state index in [1.165, 1.54) is 29.3 Å². The molecule has 5 heteroatoms. The fourth-order valence-electron chi connectivity index (χ4n) is 5.09. The average molecular weight is 439 g/mol. The molecule has 0 aliphatic carbocycles. The number of sulfone groups is 1. The number of hydrogen-bond donors (Lipinski definition) is 2. The van der Waals surface area contributed by atoms with Gasteiger partial charge in [0.15, 0.2) is 9.84 Å². The molecule has 3 atom stereocenters. The molecule has 3 aromatic rings. The van der Waals surface area contributed by atoms with Gasteiger partial charge >= 0.3 is 0 Å². The highest BCUT2D eigenvalue weighted by Gasteiger charge is 2.26. The van der Waals surface area contributed by atoms with Crippen LogP contribution < -0.4 is 5.32 Å². The molecule has 0 radical (unpaired) electrons. The van der Waals surface area contributed by atoms with Gasteiger partial charge in [0.05, 0.1) is 10.6 Å². The smallest absolute Gasteiger partial charge is 0.178 e. The predicted octanol–water partition coefficient (Wildman–Crippen LogP) is 5.22. The van der Waals surface area contributed by atoms with Crippen LogP contribution in [0.4, 0.5) is 0 Å². The zero-order chi connectivity index (χ0) is 21.7. The van der Waals surface area contributed by atoms with E-state index in [9.17, 15) is 8.42 Å². The molecule has 2 aromatic carbocycles. The molecule has 31 heavy (non-hydrogen) atoms. The second-order valence-electron chi connectivity index (χ2n) is 9.21. The Morgan fingerprint density at radius 1 is 1.03 bits per heavy atom. The molecule has 0 spiro atoms. The predicted molar refractivity (Wildman–Crippen MR) is 128 cm³/mol. The van der Waals surface area contributed by atoms with Gasteiger partial charge in [-0.15, -0.1) is 0 Å². The number of rotatable bonds is 9. The maximum absolute atomic E-state index is 12.6. The molecule has 1 aromatic heterocycles. The molecular weight excluding hydrogens is 404 g/mol. The van der Waals surface area contributed by atoms with E-state index in [0.29, 0.717) is 16.7 Å². The van der Waals surface area contributed by atoms with E-state index in [-0.39, 0.29) is 11.7 Å². The highest BCUT2D eigenvalue weighted by Crippen LogP contribution is 2.31. The molecule has 4 rings (SSSR count). The molecule has 1 aliphatic rings. The highest BCUT2D eigenvalue weighted by molar-refractivity contribution is 7.91. The lowest BCUT2D eigenvalue weighted by atomic mass is 9.79. The van der Waals surface area contributed by atoms with Crippen molar-refractivity contribution in [1.29, 1.82) is 0 Å². The van der Waals surface area contributed by atoms with Crippen LogP contribution in [0.1, 0.15) is 38.2 Å². The van der Waals surface area contributed by atoms with Gasteiger partial charge < -0.3 is 10.3 Å². The average Bonchev–Trinajstić information content (AvgIpc) is 3.18. The fourth-order valence-corrected chi connectivity index (χ4v) is 6.77. The van der Waals surface area contributed by atoms with E-state index in [1.54, 1.807) is 24.3 Å². The van der Waals surface area contributed by atoms with E-state index >= 15 is 0 Å². The van der Waals surface area contributed by atoms with Crippen LogP contribution in [-0.2, 0) is 16.3 Å².